The average molecular weight is 313 g/mol. The first kappa shape index (κ1) is 17.3. The SMILES string of the molecule is CCC(C)N(CC(=O)O)S(=O)(=O)c1ccc(C(C)=O)cc1. The number of hydrogen-bond donors (Lipinski definition) is 1. The van der Waals surface area contributed by atoms with Crippen molar-refractivity contribution in [2.24, 2.45) is 0 Å². The Morgan fingerprint density at radius 1 is 1.24 bits per heavy atom. The van der Waals surface area contributed by atoms with Gasteiger partial charge in [-0.25, -0.2) is 8.42 Å². The Morgan fingerprint density at radius 3 is 2.14 bits per heavy atom. The van der Waals surface area contributed by atoms with Crippen molar-refractivity contribution in [3.8, 4) is 0 Å². The van der Waals surface area contributed by atoms with Crippen LogP contribution in [-0.2, 0) is 14.8 Å². The van der Waals surface area contributed by atoms with E-state index >= 15 is 0 Å². The van der Waals surface area contributed by atoms with Crippen molar-refractivity contribution < 1.29 is 23.1 Å². The van der Waals surface area contributed by atoms with Gasteiger partial charge in [-0.05, 0) is 32.4 Å². The Hall–Kier alpha value is -1.73. The molecule has 0 saturated heterocycles. The van der Waals surface area contributed by atoms with E-state index in [1.165, 1.54) is 31.2 Å². The highest BCUT2D eigenvalue weighted by Crippen LogP contribution is 2.20. The van der Waals surface area contributed by atoms with Crippen LogP contribution in [0.1, 0.15) is 37.6 Å². The smallest absolute Gasteiger partial charge is 0.318 e. The molecule has 0 heterocycles. The van der Waals surface area contributed by atoms with Gasteiger partial charge in [-0.15, -0.1) is 0 Å². The molecule has 6 nitrogen and oxygen atoms in total. The van der Waals surface area contributed by atoms with Crippen LogP contribution in [-0.4, -0.2) is 42.2 Å². The maximum Gasteiger partial charge on any atom is 0.318 e. The van der Waals surface area contributed by atoms with E-state index in [1.807, 2.05) is 0 Å². The minimum Gasteiger partial charge on any atom is -0.480 e. The molecule has 0 bridgehead atoms. The van der Waals surface area contributed by atoms with Gasteiger partial charge in [-0.1, -0.05) is 19.1 Å². The molecule has 0 saturated carbocycles. The molecular weight excluding hydrogens is 294 g/mol. The Bertz CT molecular complexity index is 621. The minimum absolute atomic E-state index is 0.0194. The van der Waals surface area contributed by atoms with E-state index in [0.29, 0.717) is 12.0 Å². The number of sulfonamides is 1. The van der Waals surface area contributed by atoms with Crippen LogP contribution in [0, 0.1) is 0 Å². The monoisotopic (exact) mass is 313 g/mol. The summed E-state index contributed by atoms with van der Waals surface area (Å²) in [5.41, 5.74) is 0.405. The highest BCUT2D eigenvalue weighted by molar-refractivity contribution is 7.89. The van der Waals surface area contributed by atoms with Crippen LogP contribution >= 0.6 is 0 Å². The quantitative estimate of drug-likeness (QED) is 0.774. The van der Waals surface area contributed by atoms with Gasteiger partial charge in [0.1, 0.15) is 6.54 Å². The normalized spacial score (nSPS) is 13.1. The number of aliphatic carboxylic acids is 1. The Balaban J connectivity index is 3.21. The Kier molecular flexibility index (Phi) is 5.62. The largest absolute Gasteiger partial charge is 0.480 e. The first-order chi connectivity index (χ1) is 9.70. The summed E-state index contributed by atoms with van der Waals surface area (Å²) in [6, 6.07) is 5.06. The fraction of sp³-hybridized carbons (Fsp3) is 0.429. The summed E-state index contributed by atoms with van der Waals surface area (Å²) in [6.07, 6.45) is 0.498. The number of carboxylic acid groups (broad SMARTS) is 1. The number of hydrogen-bond acceptors (Lipinski definition) is 4. The van der Waals surface area contributed by atoms with Crippen molar-refractivity contribution in [1.82, 2.24) is 4.31 Å². The molecule has 0 aromatic heterocycles. The maximum absolute atomic E-state index is 12.5. The molecule has 0 spiro atoms. The molecule has 1 atom stereocenters. The van der Waals surface area contributed by atoms with Gasteiger partial charge in [0.25, 0.3) is 0 Å². The van der Waals surface area contributed by atoms with Crippen LogP contribution in [0.25, 0.3) is 0 Å². The lowest BCUT2D eigenvalue weighted by atomic mass is 10.2. The Labute approximate surface area is 124 Å². The van der Waals surface area contributed by atoms with Crippen LogP contribution in [0.2, 0.25) is 0 Å². The van der Waals surface area contributed by atoms with Gasteiger partial charge >= 0.3 is 5.97 Å². The third-order valence-corrected chi connectivity index (χ3v) is 5.22. The molecule has 0 aliphatic rings. The molecule has 1 rings (SSSR count). The summed E-state index contributed by atoms with van der Waals surface area (Å²) in [4.78, 5) is 22.1. The molecule has 1 aromatic carbocycles. The highest BCUT2D eigenvalue weighted by Gasteiger charge is 2.30. The molecular formula is C14H19NO5S. The van der Waals surface area contributed by atoms with Crippen LogP contribution < -0.4 is 0 Å². The zero-order chi connectivity index (χ0) is 16.2. The van der Waals surface area contributed by atoms with Gasteiger partial charge in [0.05, 0.1) is 4.90 Å². The number of benzene rings is 1. The van der Waals surface area contributed by atoms with E-state index in [4.69, 9.17) is 5.11 Å². The molecule has 1 N–H and O–H groups in total. The predicted octanol–water partition coefficient (Wildman–Crippen LogP) is 1.76. The second-order valence-corrected chi connectivity index (χ2v) is 6.67. The Morgan fingerprint density at radius 2 is 1.76 bits per heavy atom. The summed E-state index contributed by atoms with van der Waals surface area (Å²) >= 11 is 0. The third kappa shape index (κ3) is 4.12. The maximum atomic E-state index is 12.5. The number of carboxylic acids is 1. The van der Waals surface area contributed by atoms with E-state index in [0.717, 1.165) is 4.31 Å². The van der Waals surface area contributed by atoms with E-state index in [2.05, 4.69) is 0 Å². The molecule has 21 heavy (non-hydrogen) atoms. The van der Waals surface area contributed by atoms with Gasteiger partial charge in [-0.3, -0.25) is 9.59 Å². The van der Waals surface area contributed by atoms with Crippen molar-refractivity contribution in [2.45, 2.75) is 38.1 Å². The second kappa shape index (κ2) is 6.82. The van der Waals surface area contributed by atoms with Crippen molar-refractivity contribution in [1.29, 1.82) is 0 Å². The third-order valence-electron chi connectivity index (χ3n) is 3.24. The standard InChI is InChI=1S/C14H19NO5S/c1-4-10(2)15(9-14(17)18)21(19,20)13-7-5-12(6-8-13)11(3)16/h5-8,10H,4,9H2,1-3H3,(H,17,18). The van der Waals surface area contributed by atoms with Gasteiger partial charge in [0, 0.05) is 11.6 Å². The first-order valence-electron chi connectivity index (χ1n) is 6.54. The van der Waals surface area contributed by atoms with Gasteiger partial charge in [0.15, 0.2) is 5.78 Å². The fourth-order valence-corrected chi connectivity index (χ4v) is 3.47. The molecule has 1 unspecified atom stereocenters. The fourth-order valence-electron chi connectivity index (χ4n) is 1.81. The lowest BCUT2D eigenvalue weighted by molar-refractivity contribution is -0.137. The van der Waals surface area contributed by atoms with Crippen molar-refractivity contribution in [3.05, 3.63) is 29.8 Å². The van der Waals surface area contributed by atoms with E-state index in [-0.39, 0.29) is 10.7 Å². The predicted molar refractivity (Wildman–Crippen MR) is 77.7 cm³/mol. The van der Waals surface area contributed by atoms with E-state index < -0.39 is 28.6 Å². The van der Waals surface area contributed by atoms with Crippen LogP contribution in [0.15, 0.2) is 29.2 Å². The van der Waals surface area contributed by atoms with Gasteiger partial charge in [0.2, 0.25) is 10.0 Å². The summed E-state index contributed by atoms with van der Waals surface area (Å²) in [6.45, 7) is 4.24. The number of ketones is 1. The van der Waals surface area contributed by atoms with Crippen molar-refractivity contribution in [3.63, 3.8) is 0 Å². The number of rotatable bonds is 7. The molecule has 0 fully saturated rings. The molecule has 1 aromatic rings. The van der Waals surface area contributed by atoms with Crippen LogP contribution in [0.3, 0.4) is 0 Å². The summed E-state index contributed by atoms with van der Waals surface area (Å²) in [5, 5.41) is 8.90. The van der Waals surface area contributed by atoms with Crippen LogP contribution in [0.4, 0.5) is 0 Å². The highest BCUT2D eigenvalue weighted by atomic mass is 32.2. The van der Waals surface area contributed by atoms with Crippen LogP contribution in [0.5, 0.6) is 0 Å². The molecule has 7 heteroatoms. The summed E-state index contributed by atoms with van der Waals surface area (Å²) in [5.74, 6) is -1.37. The topological polar surface area (TPSA) is 91.8 Å². The summed E-state index contributed by atoms with van der Waals surface area (Å²) in [7, 11) is -3.91. The van der Waals surface area contributed by atoms with E-state index in [9.17, 15) is 18.0 Å². The molecule has 0 aliphatic carbocycles. The van der Waals surface area contributed by atoms with Crippen molar-refractivity contribution >= 4 is 21.8 Å². The molecule has 116 valence electrons. The van der Waals surface area contributed by atoms with E-state index in [1.54, 1.807) is 13.8 Å². The zero-order valence-electron chi connectivity index (χ0n) is 12.2. The van der Waals surface area contributed by atoms with Crippen molar-refractivity contribution in [2.75, 3.05) is 6.54 Å². The average Bonchev–Trinajstić information content (AvgIpc) is 2.43. The zero-order valence-corrected chi connectivity index (χ0v) is 13.1. The molecule has 0 radical (unpaired) electrons. The van der Waals surface area contributed by atoms with Gasteiger partial charge in [-0.2, -0.15) is 4.31 Å². The molecule has 0 aliphatic heterocycles. The lowest BCUT2D eigenvalue weighted by Crippen LogP contribution is -2.41. The number of Topliss-reactive ketones (excluding diaryl/α,β-unsaturated/α-hetero) is 1. The second-order valence-electron chi connectivity index (χ2n) is 4.78. The molecule has 0 amide bonds. The minimum atomic E-state index is -3.91. The number of nitrogens with zero attached hydrogens (tertiary/aromatic N) is 1. The van der Waals surface area contributed by atoms with Gasteiger partial charge < -0.3 is 5.11 Å². The number of carbonyl (C=O) groups excluding carboxylic acids is 1. The number of carbonyl (C=O) groups is 2. The summed E-state index contributed by atoms with van der Waals surface area (Å²) < 4.78 is 26.0. The lowest BCUT2D eigenvalue weighted by Gasteiger charge is -2.26. The first-order valence-corrected chi connectivity index (χ1v) is 7.98.